The Morgan fingerprint density at radius 1 is 1.27 bits per heavy atom. The van der Waals surface area contributed by atoms with Crippen LogP contribution >= 0.6 is 0 Å². The van der Waals surface area contributed by atoms with Crippen LogP contribution in [0.5, 0.6) is 0 Å². The third-order valence-electron chi connectivity index (χ3n) is 0.853. The van der Waals surface area contributed by atoms with E-state index in [0.717, 1.165) is 0 Å². The first-order chi connectivity index (χ1) is 5.24. The SMILES string of the molecule is CN=C(NNC(=O)OC)OC. The summed E-state index contributed by atoms with van der Waals surface area (Å²) in [6.45, 7) is 0. The summed E-state index contributed by atoms with van der Waals surface area (Å²) in [4.78, 5) is 14.1. The van der Waals surface area contributed by atoms with Crippen molar-refractivity contribution in [3.63, 3.8) is 0 Å². The molecule has 0 saturated heterocycles. The molecule has 0 aromatic carbocycles. The molecule has 0 aliphatic carbocycles. The molecule has 6 heteroatoms. The van der Waals surface area contributed by atoms with Gasteiger partial charge in [0.2, 0.25) is 0 Å². The van der Waals surface area contributed by atoms with Crippen molar-refractivity contribution in [1.29, 1.82) is 0 Å². The summed E-state index contributed by atoms with van der Waals surface area (Å²) in [6.07, 6.45) is -0.608. The third-order valence-corrected chi connectivity index (χ3v) is 0.853. The van der Waals surface area contributed by atoms with Gasteiger partial charge in [0, 0.05) is 7.05 Å². The number of ether oxygens (including phenoxy) is 2. The molecule has 0 aromatic rings. The number of nitrogens with zero attached hydrogens (tertiary/aromatic N) is 1. The lowest BCUT2D eigenvalue weighted by Crippen LogP contribution is -2.42. The molecule has 0 aliphatic heterocycles. The molecule has 0 aliphatic rings. The zero-order valence-corrected chi connectivity index (χ0v) is 6.67. The molecule has 1 amide bonds. The Morgan fingerprint density at radius 2 is 1.91 bits per heavy atom. The van der Waals surface area contributed by atoms with Gasteiger partial charge in [-0.3, -0.25) is 0 Å². The van der Waals surface area contributed by atoms with Crippen molar-refractivity contribution in [2.45, 2.75) is 0 Å². The molecule has 11 heavy (non-hydrogen) atoms. The van der Waals surface area contributed by atoms with Gasteiger partial charge in [0.05, 0.1) is 14.2 Å². The minimum absolute atomic E-state index is 0.204. The van der Waals surface area contributed by atoms with Gasteiger partial charge in [-0.1, -0.05) is 0 Å². The summed E-state index contributed by atoms with van der Waals surface area (Å²) in [5.41, 5.74) is 4.54. The molecule has 0 saturated carbocycles. The molecule has 64 valence electrons. The standard InChI is InChI=1S/C5H11N3O3/c1-6-4(10-2)7-8-5(9)11-3/h1-3H3,(H,6,7)(H,8,9). The van der Waals surface area contributed by atoms with Gasteiger partial charge in [-0.15, -0.1) is 0 Å². The fourth-order valence-corrected chi connectivity index (χ4v) is 0.354. The maximum Gasteiger partial charge on any atom is 0.425 e. The highest BCUT2D eigenvalue weighted by atomic mass is 16.5. The Labute approximate surface area is 64.6 Å². The lowest BCUT2D eigenvalue weighted by Gasteiger charge is -2.06. The fraction of sp³-hybridized carbons (Fsp3) is 0.600. The first kappa shape index (κ1) is 9.54. The normalized spacial score (nSPS) is 10.3. The number of hydrazine groups is 1. The van der Waals surface area contributed by atoms with Gasteiger partial charge < -0.3 is 9.47 Å². The van der Waals surface area contributed by atoms with Gasteiger partial charge in [0.15, 0.2) is 0 Å². The van der Waals surface area contributed by atoms with E-state index in [1.54, 1.807) is 0 Å². The van der Waals surface area contributed by atoms with Crippen LogP contribution in [0.4, 0.5) is 4.79 Å². The Morgan fingerprint density at radius 3 is 2.27 bits per heavy atom. The van der Waals surface area contributed by atoms with Crippen LogP contribution in [-0.2, 0) is 9.47 Å². The molecule has 0 bridgehead atoms. The van der Waals surface area contributed by atoms with Crippen molar-refractivity contribution in [2.24, 2.45) is 4.99 Å². The monoisotopic (exact) mass is 161 g/mol. The molecule has 0 aromatic heterocycles. The summed E-state index contributed by atoms with van der Waals surface area (Å²) in [7, 11) is 4.20. The summed E-state index contributed by atoms with van der Waals surface area (Å²) in [6, 6.07) is 0.204. The summed E-state index contributed by atoms with van der Waals surface area (Å²) in [5.74, 6) is 0. The zero-order chi connectivity index (χ0) is 8.69. The second-order valence-corrected chi connectivity index (χ2v) is 1.47. The number of methoxy groups -OCH3 is 2. The summed E-state index contributed by atoms with van der Waals surface area (Å²) in [5, 5.41) is 0. The van der Waals surface area contributed by atoms with Crippen LogP contribution in [0, 0.1) is 0 Å². The largest absolute Gasteiger partial charge is 0.467 e. The van der Waals surface area contributed by atoms with Crippen LogP contribution in [0.1, 0.15) is 0 Å². The van der Waals surface area contributed by atoms with Crippen molar-refractivity contribution >= 4 is 12.1 Å². The number of rotatable bonds is 0. The smallest absolute Gasteiger partial charge is 0.425 e. The van der Waals surface area contributed by atoms with E-state index in [1.807, 2.05) is 0 Å². The molecule has 0 rings (SSSR count). The third kappa shape index (κ3) is 4.01. The van der Waals surface area contributed by atoms with Crippen molar-refractivity contribution in [2.75, 3.05) is 21.3 Å². The lowest BCUT2D eigenvalue weighted by molar-refractivity contribution is 0.167. The molecule has 0 unspecified atom stereocenters. The maximum absolute atomic E-state index is 10.4. The van der Waals surface area contributed by atoms with Gasteiger partial charge in [0.1, 0.15) is 0 Å². The second-order valence-electron chi connectivity index (χ2n) is 1.47. The van der Waals surface area contributed by atoms with Crippen LogP contribution in [0.3, 0.4) is 0 Å². The van der Waals surface area contributed by atoms with Crippen molar-refractivity contribution in [3.8, 4) is 0 Å². The fourth-order valence-electron chi connectivity index (χ4n) is 0.354. The van der Waals surface area contributed by atoms with Crippen LogP contribution in [0.25, 0.3) is 0 Å². The molecule has 0 radical (unpaired) electrons. The number of hydrogen-bond acceptors (Lipinski definition) is 4. The van der Waals surface area contributed by atoms with Crippen molar-refractivity contribution < 1.29 is 14.3 Å². The van der Waals surface area contributed by atoms with E-state index in [4.69, 9.17) is 0 Å². The second kappa shape index (κ2) is 5.33. The Hall–Kier alpha value is -1.46. The van der Waals surface area contributed by atoms with E-state index in [0.29, 0.717) is 0 Å². The highest BCUT2D eigenvalue weighted by molar-refractivity contribution is 5.76. The lowest BCUT2D eigenvalue weighted by atomic mass is 11.0. The Bertz CT molecular complexity index is 157. The van der Waals surface area contributed by atoms with Crippen LogP contribution in [0.15, 0.2) is 4.99 Å². The highest BCUT2D eigenvalue weighted by Crippen LogP contribution is 1.71. The number of amides is 1. The first-order valence-electron chi connectivity index (χ1n) is 2.85. The van der Waals surface area contributed by atoms with E-state index in [-0.39, 0.29) is 6.02 Å². The predicted octanol–water partition coefficient (Wildman–Crippen LogP) is -0.521. The van der Waals surface area contributed by atoms with E-state index >= 15 is 0 Å². The van der Waals surface area contributed by atoms with Gasteiger partial charge in [-0.05, 0) is 0 Å². The van der Waals surface area contributed by atoms with E-state index < -0.39 is 6.09 Å². The summed E-state index contributed by atoms with van der Waals surface area (Å²) >= 11 is 0. The summed E-state index contributed by atoms with van der Waals surface area (Å²) < 4.78 is 8.93. The number of carbonyl (C=O) groups excluding carboxylic acids is 1. The Balaban J connectivity index is 3.60. The van der Waals surface area contributed by atoms with E-state index in [9.17, 15) is 4.79 Å². The van der Waals surface area contributed by atoms with Crippen molar-refractivity contribution in [1.82, 2.24) is 10.9 Å². The minimum Gasteiger partial charge on any atom is -0.467 e. The number of amidine groups is 1. The molecule has 2 N–H and O–H groups in total. The number of aliphatic imine (C=N–C) groups is 1. The Kier molecular flexibility index (Phi) is 4.63. The van der Waals surface area contributed by atoms with Crippen LogP contribution < -0.4 is 10.9 Å². The topological polar surface area (TPSA) is 72.0 Å². The number of hydrogen-bond donors (Lipinski definition) is 2. The van der Waals surface area contributed by atoms with Crippen LogP contribution in [-0.4, -0.2) is 33.4 Å². The van der Waals surface area contributed by atoms with Gasteiger partial charge in [0.25, 0.3) is 0 Å². The quantitative estimate of drug-likeness (QED) is 0.285. The first-order valence-corrected chi connectivity index (χ1v) is 2.85. The molecule has 0 heterocycles. The highest BCUT2D eigenvalue weighted by Gasteiger charge is 1.98. The zero-order valence-electron chi connectivity index (χ0n) is 6.67. The molecule has 0 spiro atoms. The van der Waals surface area contributed by atoms with E-state index in [1.165, 1.54) is 21.3 Å². The average molecular weight is 161 g/mol. The minimum atomic E-state index is -0.608. The molecule has 0 atom stereocenters. The number of nitrogens with one attached hydrogen (secondary N) is 2. The maximum atomic E-state index is 10.4. The molecule has 0 fully saturated rings. The van der Waals surface area contributed by atoms with E-state index in [2.05, 4.69) is 25.3 Å². The van der Waals surface area contributed by atoms with Gasteiger partial charge >= 0.3 is 12.1 Å². The molecule has 6 nitrogen and oxygen atoms in total. The molecular weight excluding hydrogens is 150 g/mol. The van der Waals surface area contributed by atoms with Crippen molar-refractivity contribution in [3.05, 3.63) is 0 Å². The van der Waals surface area contributed by atoms with Crippen LogP contribution in [0.2, 0.25) is 0 Å². The van der Waals surface area contributed by atoms with Gasteiger partial charge in [-0.2, -0.15) is 0 Å². The number of carbonyl (C=O) groups is 1. The average Bonchev–Trinajstić information content (AvgIpc) is 2.06. The predicted molar refractivity (Wildman–Crippen MR) is 39.0 cm³/mol. The van der Waals surface area contributed by atoms with Gasteiger partial charge in [-0.25, -0.2) is 20.6 Å². The molecular formula is C5H11N3O3.